The van der Waals surface area contributed by atoms with Crippen molar-refractivity contribution in [3.63, 3.8) is 0 Å². The summed E-state index contributed by atoms with van der Waals surface area (Å²) in [7, 11) is 0. The highest BCUT2D eigenvalue weighted by Gasteiger charge is 2.08. The minimum absolute atomic E-state index is 0.0556. The smallest absolute Gasteiger partial charge is 0.0718 e. The highest BCUT2D eigenvalue weighted by Crippen LogP contribution is 2.12. The maximum Gasteiger partial charge on any atom is 0.0718 e. The third-order valence-corrected chi connectivity index (χ3v) is 3.08. The lowest BCUT2D eigenvalue weighted by atomic mass is 10.2. The van der Waals surface area contributed by atoms with Gasteiger partial charge in [0.05, 0.1) is 18.8 Å². The van der Waals surface area contributed by atoms with Crippen molar-refractivity contribution in [2.24, 2.45) is 0 Å². The predicted molar refractivity (Wildman–Crippen MR) is 73.1 cm³/mol. The Morgan fingerprint density at radius 2 is 1.94 bits per heavy atom. The summed E-state index contributed by atoms with van der Waals surface area (Å²) < 4.78 is 1.92. The largest absolute Gasteiger partial charge is 0.392 e. The van der Waals surface area contributed by atoms with Crippen LogP contribution in [0, 0.1) is 13.8 Å². The van der Waals surface area contributed by atoms with Gasteiger partial charge in [-0.05, 0) is 19.4 Å². The van der Waals surface area contributed by atoms with Crippen molar-refractivity contribution in [1.29, 1.82) is 0 Å². The van der Waals surface area contributed by atoms with Crippen LogP contribution in [0.1, 0.15) is 22.5 Å². The van der Waals surface area contributed by atoms with Gasteiger partial charge >= 0.3 is 0 Å². The second-order valence-corrected chi connectivity index (χ2v) is 4.30. The fourth-order valence-electron chi connectivity index (χ4n) is 1.99. The van der Waals surface area contributed by atoms with Crippen LogP contribution in [0.5, 0.6) is 0 Å². The molecule has 0 aliphatic heterocycles. The number of aliphatic hydroxyl groups excluding tert-OH is 1. The molecular weight excluding hydrogens is 224 g/mol. The lowest BCUT2D eigenvalue weighted by molar-refractivity contribution is 0.280. The zero-order valence-corrected chi connectivity index (χ0v) is 10.8. The van der Waals surface area contributed by atoms with Gasteiger partial charge < -0.3 is 5.11 Å². The summed E-state index contributed by atoms with van der Waals surface area (Å²) in [6, 6.07) is 10.2. The van der Waals surface area contributed by atoms with Crippen LogP contribution in [0.15, 0.2) is 36.4 Å². The number of rotatable bonds is 4. The van der Waals surface area contributed by atoms with Crippen LogP contribution in [0.2, 0.25) is 0 Å². The van der Waals surface area contributed by atoms with E-state index in [0.29, 0.717) is 0 Å². The number of aryl methyl sites for hydroxylation is 1. The summed E-state index contributed by atoms with van der Waals surface area (Å²) in [6.45, 7) is 4.69. The standard InChI is InChI=1S/C15H18N2O/c1-12-15(11-18)13(2)17(16-12)10-6-9-14-7-4-3-5-8-14/h3-9,18H,10-11H2,1-2H3/b9-6+. The monoisotopic (exact) mass is 242 g/mol. The van der Waals surface area contributed by atoms with E-state index < -0.39 is 0 Å². The molecule has 3 heteroatoms. The Kier molecular flexibility index (Phi) is 3.95. The van der Waals surface area contributed by atoms with Crippen molar-refractivity contribution in [3.05, 3.63) is 58.9 Å². The molecule has 2 rings (SSSR count). The average Bonchev–Trinajstić information content (AvgIpc) is 2.65. The number of benzene rings is 1. The van der Waals surface area contributed by atoms with Gasteiger partial charge in [-0.2, -0.15) is 5.10 Å². The molecule has 0 aliphatic carbocycles. The van der Waals surface area contributed by atoms with E-state index >= 15 is 0 Å². The van der Waals surface area contributed by atoms with Crippen molar-refractivity contribution >= 4 is 6.08 Å². The van der Waals surface area contributed by atoms with E-state index in [1.165, 1.54) is 5.56 Å². The average molecular weight is 242 g/mol. The van der Waals surface area contributed by atoms with Gasteiger partial charge in [0.1, 0.15) is 0 Å². The zero-order valence-electron chi connectivity index (χ0n) is 10.8. The Labute approximate surface area is 107 Å². The number of aromatic nitrogens is 2. The van der Waals surface area contributed by atoms with E-state index in [-0.39, 0.29) is 6.61 Å². The Hall–Kier alpha value is -1.87. The van der Waals surface area contributed by atoms with Crippen LogP contribution in [-0.2, 0) is 13.2 Å². The van der Waals surface area contributed by atoms with Gasteiger partial charge in [-0.1, -0.05) is 42.5 Å². The number of aliphatic hydroxyl groups is 1. The van der Waals surface area contributed by atoms with Crippen LogP contribution in [0.25, 0.3) is 6.08 Å². The SMILES string of the molecule is Cc1nn(C/C=C/c2ccccc2)c(C)c1CO. The van der Waals surface area contributed by atoms with Crippen LogP contribution in [-0.4, -0.2) is 14.9 Å². The lowest BCUT2D eigenvalue weighted by Crippen LogP contribution is -2.00. The minimum atomic E-state index is 0.0556. The Balaban J connectivity index is 2.09. The van der Waals surface area contributed by atoms with Gasteiger partial charge in [0, 0.05) is 11.3 Å². The second kappa shape index (κ2) is 5.65. The Bertz CT molecular complexity index is 541. The lowest BCUT2D eigenvalue weighted by Gasteiger charge is -2.00. The van der Waals surface area contributed by atoms with Crippen molar-refractivity contribution < 1.29 is 5.11 Å². The molecule has 3 nitrogen and oxygen atoms in total. The van der Waals surface area contributed by atoms with Gasteiger partial charge in [0.2, 0.25) is 0 Å². The topological polar surface area (TPSA) is 38.0 Å². The molecule has 2 aromatic rings. The van der Waals surface area contributed by atoms with Crippen LogP contribution >= 0.6 is 0 Å². The number of hydrogen-bond acceptors (Lipinski definition) is 2. The molecule has 1 N–H and O–H groups in total. The summed E-state index contributed by atoms with van der Waals surface area (Å²) in [5.41, 5.74) is 4.06. The van der Waals surface area contributed by atoms with Crippen molar-refractivity contribution in [1.82, 2.24) is 9.78 Å². The molecule has 0 unspecified atom stereocenters. The van der Waals surface area contributed by atoms with E-state index in [4.69, 9.17) is 0 Å². The number of hydrogen-bond donors (Lipinski definition) is 1. The fourth-order valence-corrected chi connectivity index (χ4v) is 1.99. The molecule has 1 heterocycles. The van der Waals surface area contributed by atoms with E-state index in [9.17, 15) is 5.11 Å². The summed E-state index contributed by atoms with van der Waals surface area (Å²) in [5.74, 6) is 0. The molecule has 0 aliphatic rings. The molecule has 0 bridgehead atoms. The first kappa shape index (κ1) is 12.6. The second-order valence-electron chi connectivity index (χ2n) is 4.30. The molecule has 0 radical (unpaired) electrons. The maximum absolute atomic E-state index is 9.24. The normalized spacial score (nSPS) is 11.3. The molecule has 18 heavy (non-hydrogen) atoms. The third-order valence-electron chi connectivity index (χ3n) is 3.08. The van der Waals surface area contributed by atoms with Gasteiger partial charge in [-0.15, -0.1) is 0 Å². The molecule has 94 valence electrons. The molecule has 0 saturated heterocycles. The van der Waals surface area contributed by atoms with Crippen molar-refractivity contribution in [2.45, 2.75) is 27.0 Å². The predicted octanol–water partition coefficient (Wildman–Crippen LogP) is 2.71. The Morgan fingerprint density at radius 1 is 1.22 bits per heavy atom. The first-order valence-corrected chi connectivity index (χ1v) is 6.07. The first-order chi connectivity index (χ1) is 8.72. The van der Waals surface area contributed by atoms with Gasteiger partial charge in [-0.3, -0.25) is 4.68 Å². The van der Waals surface area contributed by atoms with Crippen LogP contribution in [0.3, 0.4) is 0 Å². The summed E-state index contributed by atoms with van der Waals surface area (Å²) >= 11 is 0. The molecule has 0 atom stereocenters. The third kappa shape index (κ3) is 2.68. The number of allylic oxidation sites excluding steroid dienone is 1. The quantitative estimate of drug-likeness (QED) is 0.895. The molecule has 1 aromatic carbocycles. The van der Waals surface area contributed by atoms with Crippen molar-refractivity contribution in [3.8, 4) is 0 Å². The van der Waals surface area contributed by atoms with Gasteiger partial charge in [0.15, 0.2) is 0 Å². The molecule has 0 amide bonds. The zero-order chi connectivity index (χ0) is 13.0. The van der Waals surface area contributed by atoms with E-state index in [0.717, 1.165) is 23.5 Å². The van der Waals surface area contributed by atoms with Crippen LogP contribution < -0.4 is 0 Å². The molecule has 1 aromatic heterocycles. The summed E-state index contributed by atoms with van der Waals surface area (Å²) in [6.07, 6.45) is 4.16. The van der Waals surface area contributed by atoms with Gasteiger partial charge in [-0.25, -0.2) is 0 Å². The van der Waals surface area contributed by atoms with E-state index in [1.807, 2.05) is 36.7 Å². The first-order valence-electron chi connectivity index (χ1n) is 6.07. The molecule has 0 saturated carbocycles. The fraction of sp³-hybridized carbons (Fsp3) is 0.267. The van der Waals surface area contributed by atoms with E-state index in [2.05, 4.69) is 29.4 Å². The number of nitrogens with zero attached hydrogens (tertiary/aromatic N) is 2. The maximum atomic E-state index is 9.24. The van der Waals surface area contributed by atoms with Crippen LogP contribution in [0.4, 0.5) is 0 Å². The highest BCUT2D eigenvalue weighted by molar-refractivity contribution is 5.48. The van der Waals surface area contributed by atoms with E-state index in [1.54, 1.807) is 0 Å². The van der Waals surface area contributed by atoms with Crippen molar-refractivity contribution in [2.75, 3.05) is 0 Å². The highest BCUT2D eigenvalue weighted by atomic mass is 16.3. The molecule has 0 fully saturated rings. The Morgan fingerprint density at radius 3 is 2.56 bits per heavy atom. The summed E-state index contributed by atoms with van der Waals surface area (Å²) in [4.78, 5) is 0. The summed E-state index contributed by atoms with van der Waals surface area (Å²) in [5, 5.41) is 13.7. The molecular formula is C15H18N2O. The molecule has 0 spiro atoms. The minimum Gasteiger partial charge on any atom is -0.392 e. The van der Waals surface area contributed by atoms with Gasteiger partial charge in [0.25, 0.3) is 0 Å².